The van der Waals surface area contributed by atoms with Gasteiger partial charge in [-0.2, -0.15) is 0 Å². The zero-order valence-electron chi connectivity index (χ0n) is 19.9. The third-order valence-electron chi connectivity index (χ3n) is 5.68. The lowest BCUT2D eigenvalue weighted by Crippen LogP contribution is -2.43. The molecule has 0 spiro atoms. The van der Waals surface area contributed by atoms with E-state index in [9.17, 15) is 17.8 Å². The molecular weight excluding hydrogens is 400 g/mol. The lowest BCUT2D eigenvalue weighted by Gasteiger charge is -2.30. The Labute approximate surface area is 186 Å². The molecule has 1 amide bonds. The summed E-state index contributed by atoms with van der Waals surface area (Å²) >= 11 is 0. The van der Waals surface area contributed by atoms with Gasteiger partial charge < -0.3 is 14.4 Å². The molecule has 0 aromatic heterocycles. The average Bonchev–Trinajstić information content (AvgIpc) is 2.65. The van der Waals surface area contributed by atoms with Crippen LogP contribution in [0.4, 0.5) is 0 Å². The average molecular weight is 449 g/mol. The minimum absolute atomic E-state index is 0.129. The summed E-state index contributed by atoms with van der Waals surface area (Å²) in [7, 11) is -0.0845. The van der Waals surface area contributed by atoms with E-state index in [0.717, 1.165) is 25.8 Å². The molecule has 0 saturated heterocycles. The summed E-state index contributed by atoms with van der Waals surface area (Å²) in [6.45, 7) is 4.40. The normalized spacial score (nSPS) is 12.3. The first-order valence-electron chi connectivity index (χ1n) is 12.2. The maximum Gasteiger partial charge on any atom is 0.219 e. The van der Waals surface area contributed by atoms with Gasteiger partial charge >= 0.3 is 0 Å². The van der Waals surface area contributed by atoms with E-state index < -0.39 is 10.1 Å². The molecule has 30 heavy (non-hydrogen) atoms. The van der Waals surface area contributed by atoms with Crippen molar-refractivity contribution in [3.05, 3.63) is 0 Å². The number of carbonyl (C=O) groups excluding carboxylic acids is 1. The van der Waals surface area contributed by atoms with Crippen molar-refractivity contribution in [2.75, 3.05) is 39.5 Å². The van der Waals surface area contributed by atoms with Gasteiger partial charge in [-0.15, -0.1) is 0 Å². The molecule has 0 bridgehead atoms. The summed E-state index contributed by atoms with van der Waals surface area (Å²) in [5.41, 5.74) is 0. The van der Waals surface area contributed by atoms with E-state index in [-0.39, 0.29) is 11.7 Å². The predicted octanol–water partition coefficient (Wildman–Crippen LogP) is 4.60. The van der Waals surface area contributed by atoms with Crippen LogP contribution in [-0.4, -0.2) is 62.8 Å². The predicted molar refractivity (Wildman–Crippen MR) is 124 cm³/mol. The number of nitrogens with one attached hydrogen (secondary N) is 1. The Morgan fingerprint density at radius 1 is 0.767 bits per heavy atom. The van der Waals surface area contributed by atoms with Gasteiger partial charge in [0.2, 0.25) is 5.91 Å². The van der Waals surface area contributed by atoms with Crippen molar-refractivity contribution in [2.45, 2.75) is 103 Å². The Balaban J connectivity index is 3.47. The second kappa shape index (κ2) is 18.0. The molecular formula is C23H48N2O4S. The van der Waals surface area contributed by atoms with Crippen molar-refractivity contribution in [3.8, 4) is 0 Å². The van der Waals surface area contributed by atoms with Crippen LogP contribution in [0.5, 0.6) is 0 Å². The highest BCUT2D eigenvalue weighted by molar-refractivity contribution is 7.85. The van der Waals surface area contributed by atoms with Crippen molar-refractivity contribution < 1.29 is 22.2 Å². The molecule has 0 atom stereocenters. The first-order chi connectivity index (χ1) is 14.2. The van der Waals surface area contributed by atoms with Crippen LogP contribution >= 0.6 is 0 Å². The second-order valence-electron chi connectivity index (χ2n) is 9.34. The molecule has 0 aliphatic rings. The molecule has 6 nitrogen and oxygen atoms in total. The Morgan fingerprint density at radius 3 is 1.73 bits per heavy atom. The Bertz CT molecular complexity index is 521. The van der Waals surface area contributed by atoms with Crippen LogP contribution in [0.15, 0.2) is 0 Å². The molecule has 0 rings (SSSR count). The van der Waals surface area contributed by atoms with E-state index >= 15 is 0 Å². The van der Waals surface area contributed by atoms with Gasteiger partial charge in [-0.05, 0) is 6.42 Å². The zero-order chi connectivity index (χ0) is 22.7. The van der Waals surface area contributed by atoms with Crippen LogP contribution in [0.25, 0.3) is 0 Å². The fraction of sp³-hybridized carbons (Fsp3) is 0.957. The molecule has 0 fully saturated rings. The van der Waals surface area contributed by atoms with Crippen molar-refractivity contribution in [1.29, 1.82) is 0 Å². The second-order valence-corrected chi connectivity index (χ2v) is 10.9. The highest BCUT2D eigenvalue weighted by Gasteiger charge is 2.15. The minimum atomic E-state index is -4.12. The lowest BCUT2D eigenvalue weighted by molar-refractivity contribution is -0.890. The molecule has 0 radical (unpaired) electrons. The minimum Gasteiger partial charge on any atom is -0.748 e. The molecule has 0 aliphatic heterocycles. The molecule has 1 N–H and O–H groups in total. The fourth-order valence-corrected chi connectivity index (χ4v) is 4.21. The van der Waals surface area contributed by atoms with Crippen molar-refractivity contribution in [1.82, 2.24) is 5.32 Å². The molecule has 180 valence electrons. The van der Waals surface area contributed by atoms with Crippen molar-refractivity contribution in [2.24, 2.45) is 0 Å². The third-order valence-corrected chi connectivity index (χ3v) is 6.47. The van der Waals surface area contributed by atoms with E-state index in [1.54, 1.807) is 0 Å². The molecule has 0 heterocycles. The van der Waals surface area contributed by atoms with Crippen LogP contribution in [0.3, 0.4) is 0 Å². The fourth-order valence-electron chi connectivity index (χ4n) is 3.73. The van der Waals surface area contributed by atoms with Gasteiger partial charge in [-0.1, -0.05) is 77.6 Å². The lowest BCUT2D eigenvalue weighted by atomic mass is 10.0. The van der Waals surface area contributed by atoms with Crippen LogP contribution in [0.2, 0.25) is 0 Å². The van der Waals surface area contributed by atoms with Gasteiger partial charge in [0.05, 0.1) is 37.3 Å². The van der Waals surface area contributed by atoms with Crippen LogP contribution in [-0.2, 0) is 14.9 Å². The number of unbranched alkanes of at least 4 members (excludes halogenated alkanes) is 11. The summed E-state index contributed by atoms with van der Waals surface area (Å²) in [5.74, 6) is -0.172. The summed E-state index contributed by atoms with van der Waals surface area (Å²) in [4.78, 5) is 11.9. The highest BCUT2D eigenvalue weighted by atomic mass is 32.2. The van der Waals surface area contributed by atoms with Crippen LogP contribution in [0.1, 0.15) is 103 Å². The third kappa shape index (κ3) is 22.0. The number of hydrogen-bond acceptors (Lipinski definition) is 4. The largest absolute Gasteiger partial charge is 0.748 e. The number of carbonyl (C=O) groups is 1. The molecule has 0 unspecified atom stereocenters. The monoisotopic (exact) mass is 448 g/mol. The van der Waals surface area contributed by atoms with Crippen molar-refractivity contribution >= 4 is 16.0 Å². The standard InChI is InChI=1S/C23H48N2O4S/c1-4-5-6-7-8-9-10-11-12-13-14-15-18-23(26)24-19-16-20-25(2,3)21-17-22-30(27,28)29/h4-22H2,1-3H3,(H-,24,26,27,28,29). The molecule has 0 aromatic rings. The SMILES string of the molecule is CCCCCCCCCCCCCCC(=O)NCCC[N+](C)(C)CCCS(=O)(=O)[O-]. The van der Waals surface area contributed by atoms with Gasteiger partial charge in [-0.3, -0.25) is 4.79 Å². The van der Waals surface area contributed by atoms with E-state index in [0.29, 0.717) is 30.4 Å². The quantitative estimate of drug-likeness (QED) is 0.158. The first kappa shape index (κ1) is 29.3. The number of nitrogens with zero attached hydrogens (tertiary/aromatic N) is 1. The Morgan fingerprint density at radius 2 is 1.23 bits per heavy atom. The number of amides is 1. The van der Waals surface area contributed by atoms with Gasteiger partial charge in [0.1, 0.15) is 0 Å². The smallest absolute Gasteiger partial charge is 0.219 e. The maximum atomic E-state index is 11.9. The van der Waals surface area contributed by atoms with E-state index in [1.807, 2.05) is 14.1 Å². The summed E-state index contributed by atoms with van der Waals surface area (Å²) in [6, 6.07) is 0. The van der Waals surface area contributed by atoms with Crippen molar-refractivity contribution in [3.63, 3.8) is 0 Å². The molecule has 0 saturated carbocycles. The summed E-state index contributed by atoms with van der Waals surface area (Å²) in [5, 5.41) is 2.98. The highest BCUT2D eigenvalue weighted by Crippen LogP contribution is 2.12. The first-order valence-corrected chi connectivity index (χ1v) is 13.8. The topological polar surface area (TPSA) is 86.3 Å². The maximum absolute atomic E-state index is 11.9. The van der Waals surface area contributed by atoms with Crippen LogP contribution < -0.4 is 5.32 Å². The number of hydrogen-bond donors (Lipinski definition) is 1. The number of quaternary nitrogens is 1. The van der Waals surface area contributed by atoms with Gasteiger partial charge in [-0.25, -0.2) is 8.42 Å². The molecule has 0 aliphatic carbocycles. The summed E-state index contributed by atoms with van der Waals surface area (Å²) < 4.78 is 32.7. The van der Waals surface area contributed by atoms with Gasteiger partial charge in [0.15, 0.2) is 0 Å². The van der Waals surface area contributed by atoms with Gasteiger partial charge in [0, 0.05) is 31.6 Å². The number of rotatable bonds is 21. The van der Waals surface area contributed by atoms with E-state index in [4.69, 9.17) is 0 Å². The van der Waals surface area contributed by atoms with Gasteiger partial charge in [0.25, 0.3) is 0 Å². The molecule has 7 heteroatoms. The Kier molecular flexibility index (Phi) is 17.6. The molecule has 0 aromatic carbocycles. The summed E-state index contributed by atoms with van der Waals surface area (Å²) in [6.07, 6.45) is 17.4. The Hall–Kier alpha value is -0.660. The van der Waals surface area contributed by atoms with E-state index in [2.05, 4.69) is 12.2 Å². The van der Waals surface area contributed by atoms with E-state index in [1.165, 1.54) is 64.2 Å². The zero-order valence-corrected chi connectivity index (χ0v) is 20.7. The van der Waals surface area contributed by atoms with Crippen LogP contribution in [0, 0.1) is 0 Å².